The molecule has 1 aromatic rings. The van der Waals surface area contributed by atoms with Crippen LogP contribution in [0, 0.1) is 0 Å². The largest absolute Gasteiger partial charge is 0.504 e. The average Bonchev–Trinajstić information content (AvgIpc) is 2.14. The highest BCUT2D eigenvalue weighted by molar-refractivity contribution is 5.43. The second kappa shape index (κ2) is 4.39. The summed E-state index contributed by atoms with van der Waals surface area (Å²) < 4.78 is 5.29. The molecule has 0 aliphatic heterocycles. The zero-order valence-electron chi connectivity index (χ0n) is 9.58. The first-order valence-electron chi connectivity index (χ1n) is 5.02. The maximum atomic E-state index is 9.72. The lowest BCUT2D eigenvalue weighted by Gasteiger charge is -2.19. The number of ether oxygens (including phenoxy) is 1. The van der Waals surface area contributed by atoms with Gasteiger partial charge in [0.15, 0.2) is 11.5 Å². The van der Waals surface area contributed by atoms with E-state index in [1.165, 1.54) is 0 Å². The van der Waals surface area contributed by atoms with E-state index in [9.17, 15) is 5.11 Å². The molecule has 1 aromatic carbocycles. The lowest BCUT2D eigenvalue weighted by Crippen LogP contribution is -2.10. The summed E-state index contributed by atoms with van der Waals surface area (Å²) >= 11 is 0. The quantitative estimate of drug-likeness (QED) is 0.769. The highest BCUT2D eigenvalue weighted by Crippen LogP contribution is 2.32. The fraction of sp³-hybridized carbons (Fsp3) is 0.385. The van der Waals surface area contributed by atoms with Gasteiger partial charge in [-0.25, -0.2) is 0 Å². The van der Waals surface area contributed by atoms with Crippen LogP contribution in [0.5, 0.6) is 11.5 Å². The molecule has 0 saturated heterocycles. The molecule has 0 unspecified atom stereocenters. The molecule has 82 valence electrons. The van der Waals surface area contributed by atoms with Crippen molar-refractivity contribution in [3.63, 3.8) is 0 Å². The normalized spacial score (nSPS) is 11.1. The van der Waals surface area contributed by atoms with Gasteiger partial charge >= 0.3 is 0 Å². The molecule has 0 heterocycles. The van der Waals surface area contributed by atoms with Crippen LogP contribution in [0.25, 0.3) is 0 Å². The van der Waals surface area contributed by atoms with Crippen molar-refractivity contribution in [3.05, 3.63) is 36.4 Å². The summed E-state index contributed by atoms with van der Waals surface area (Å²) in [7, 11) is 0. The van der Waals surface area contributed by atoms with Gasteiger partial charge < -0.3 is 9.84 Å². The number of phenols is 1. The molecule has 0 amide bonds. The summed E-state index contributed by atoms with van der Waals surface area (Å²) in [5, 5.41) is 9.72. The number of benzene rings is 1. The Kier molecular flexibility index (Phi) is 3.40. The lowest BCUT2D eigenvalue weighted by molar-refractivity contribution is 0.335. The van der Waals surface area contributed by atoms with Crippen LogP contribution in [-0.4, -0.2) is 11.7 Å². The van der Waals surface area contributed by atoms with Crippen LogP contribution in [0.15, 0.2) is 30.9 Å². The Balaban J connectivity index is 2.93. The van der Waals surface area contributed by atoms with Gasteiger partial charge in [-0.3, -0.25) is 0 Å². The molecule has 0 bridgehead atoms. The minimum absolute atomic E-state index is 0.0362. The van der Waals surface area contributed by atoms with E-state index < -0.39 is 0 Å². The zero-order valence-corrected chi connectivity index (χ0v) is 9.58. The molecule has 0 radical (unpaired) electrons. The van der Waals surface area contributed by atoms with Gasteiger partial charge in [0.05, 0.1) is 0 Å². The van der Waals surface area contributed by atoms with E-state index in [1.54, 1.807) is 18.2 Å². The number of hydrogen-bond donors (Lipinski definition) is 1. The van der Waals surface area contributed by atoms with Gasteiger partial charge in [-0.15, -0.1) is 0 Å². The third-order valence-corrected chi connectivity index (χ3v) is 2.18. The molecular weight excluding hydrogens is 188 g/mol. The maximum absolute atomic E-state index is 9.72. The van der Waals surface area contributed by atoms with Crippen LogP contribution < -0.4 is 4.74 Å². The smallest absolute Gasteiger partial charge is 0.161 e. The third-order valence-electron chi connectivity index (χ3n) is 2.18. The molecule has 0 aliphatic rings. The second-order valence-corrected chi connectivity index (χ2v) is 4.53. The molecule has 1 N–H and O–H groups in total. The molecule has 0 spiro atoms. The summed E-state index contributed by atoms with van der Waals surface area (Å²) in [4.78, 5) is 0. The number of rotatable bonds is 3. The van der Waals surface area contributed by atoms with Crippen molar-refractivity contribution in [1.82, 2.24) is 0 Å². The van der Waals surface area contributed by atoms with Crippen molar-refractivity contribution in [2.75, 3.05) is 6.61 Å². The predicted molar refractivity (Wildman–Crippen MR) is 62.5 cm³/mol. The fourth-order valence-electron chi connectivity index (χ4n) is 1.25. The van der Waals surface area contributed by atoms with Crippen molar-refractivity contribution in [1.29, 1.82) is 0 Å². The number of phenolic OH excluding ortho intramolecular Hbond substituents is 1. The number of aromatic hydroxyl groups is 1. The molecule has 2 heteroatoms. The maximum Gasteiger partial charge on any atom is 0.161 e. The summed E-state index contributed by atoms with van der Waals surface area (Å²) in [6, 6.07) is 5.51. The van der Waals surface area contributed by atoms with Gasteiger partial charge in [0.25, 0.3) is 0 Å². The van der Waals surface area contributed by atoms with Crippen LogP contribution >= 0.6 is 0 Å². The van der Waals surface area contributed by atoms with Crippen molar-refractivity contribution < 1.29 is 9.84 Å². The highest BCUT2D eigenvalue weighted by atomic mass is 16.5. The van der Waals surface area contributed by atoms with E-state index in [0.29, 0.717) is 12.4 Å². The van der Waals surface area contributed by atoms with E-state index in [1.807, 2.05) is 6.07 Å². The third kappa shape index (κ3) is 3.01. The SMILES string of the molecule is C=CCOc1ccc(C(C)(C)C)cc1O. The van der Waals surface area contributed by atoms with E-state index in [-0.39, 0.29) is 11.2 Å². The Morgan fingerprint density at radius 3 is 2.53 bits per heavy atom. The fourth-order valence-corrected chi connectivity index (χ4v) is 1.25. The van der Waals surface area contributed by atoms with Crippen LogP contribution in [-0.2, 0) is 5.41 Å². The van der Waals surface area contributed by atoms with Crippen molar-refractivity contribution in [2.45, 2.75) is 26.2 Å². The molecule has 0 fully saturated rings. The van der Waals surface area contributed by atoms with Crippen LogP contribution in [0.2, 0.25) is 0 Å². The second-order valence-electron chi connectivity index (χ2n) is 4.53. The first kappa shape index (κ1) is 11.6. The Bertz CT molecular complexity index is 348. The van der Waals surface area contributed by atoms with Gasteiger partial charge in [0, 0.05) is 0 Å². The first-order chi connectivity index (χ1) is 6.95. The lowest BCUT2D eigenvalue weighted by atomic mass is 9.87. The van der Waals surface area contributed by atoms with Crippen LogP contribution in [0.1, 0.15) is 26.3 Å². The molecule has 0 aliphatic carbocycles. The molecule has 2 nitrogen and oxygen atoms in total. The van der Waals surface area contributed by atoms with E-state index in [2.05, 4.69) is 27.4 Å². The zero-order chi connectivity index (χ0) is 11.5. The predicted octanol–water partition coefficient (Wildman–Crippen LogP) is 3.25. The number of hydrogen-bond acceptors (Lipinski definition) is 2. The minimum atomic E-state index is 0.0362. The first-order valence-corrected chi connectivity index (χ1v) is 5.02. The van der Waals surface area contributed by atoms with E-state index in [0.717, 1.165) is 5.56 Å². The summed E-state index contributed by atoms with van der Waals surface area (Å²) in [5.41, 5.74) is 1.13. The standard InChI is InChI=1S/C13H18O2/c1-5-8-15-12-7-6-10(9-11(12)14)13(2,3)4/h5-7,9,14H,1,8H2,2-4H3. The topological polar surface area (TPSA) is 29.5 Å². The van der Waals surface area contributed by atoms with Crippen molar-refractivity contribution >= 4 is 0 Å². The molecule has 15 heavy (non-hydrogen) atoms. The summed E-state index contributed by atoms with van der Waals surface area (Å²) in [6.45, 7) is 10.3. The Morgan fingerprint density at radius 2 is 2.07 bits per heavy atom. The van der Waals surface area contributed by atoms with Crippen molar-refractivity contribution in [3.8, 4) is 11.5 Å². The monoisotopic (exact) mass is 206 g/mol. The van der Waals surface area contributed by atoms with Crippen LogP contribution in [0.4, 0.5) is 0 Å². The molecular formula is C13H18O2. The Labute approximate surface area is 91.2 Å². The molecule has 0 aromatic heterocycles. The van der Waals surface area contributed by atoms with E-state index in [4.69, 9.17) is 4.74 Å². The van der Waals surface area contributed by atoms with Crippen molar-refractivity contribution in [2.24, 2.45) is 0 Å². The molecule has 1 rings (SSSR count). The Hall–Kier alpha value is -1.44. The van der Waals surface area contributed by atoms with Gasteiger partial charge in [-0.2, -0.15) is 0 Å². The minimum Gasteiger partial charge on any atom is -0.504 e. The average molecular weight is 206 g/mol. The van der Waals surface area contributed by atoms with Gasteiger partial charge in [-0.05, 0) is 23.1 Å². The van der Waals surface area contributed by atoms with E-state index >= 15 is 0 Å². The van der Waals surface area contributed by atoms with Gasteiger partial charge in [0.1, 0.15) is 6.61 Å². The van der Waals surface area contributed by atoms with Gasteiger partial charge in [0.2, 0.25) is 0 Å². The molecule has 0 atom stereocenters. The highest BCUT2D eigenvalue weighted by Gasteiger charge is 2.15. The molecule has 0 saturated carbocycles. The summed E-state index contributed by atoms with van der Waals surface area (Å²) in [6.07, 6.45) is 1.65. The van der Waals surface area contributed by atoms with Crippen LogP contribution in [0.3, 0.4) is 0 Å². The van der Waals surface area contributed by atoms with Gasteiger partial charge in [-0.1, -0.05) is 39.5 Å². The Morgan fingerprint density at radius 1 is 1.40 bits per heavy atom. The summed E-state index contributed by atoms with van der Waals surface area (Å²) in [5.74, 6) is 0.687.